The molecule has 0 aromatic carbocycles. The number of piperazine rings is 1. The van der Waals surface area contributed by atoms with Gasteiger partial charge in [-0.15, -0.1) is 0 Å². The summed E-state index contributed by atoms with van der Waals surface area (Å²) in [6, 6.07) is 0.537. The van der Waals surface area contributed by atoms with E-state index >= 15 is 0 Å². The third-order valence-electron chi connectivity index (χ3n) is 4.79. The zero-order valence-electron chi connectivity index (χ0n) is 13.2. The van der Waals surface area contributed by atoms with Crippen molar-refractivity contribution in [2.45, 2.75) is 45.7 Å². The van der Waals surface area contributed by atoms with Crippen molar-refractivity contribution in [2.24, 2.45) is 11.8 Å². The fourth-order valence-corrected chi connectivity index (χ4v) is 3.38. The Morgan fingerprint density at radius 1 is 1.33 bits per heavy atom. The molecule has 0 aliphatic carbocycles. The quantitative estimate of drug-likeness (QED) is 0.818. The number of carbonyl (C=O) groups is 2. The van der Waals surface area contributed by atoms with Crippen LogP contribution in [0.2, 0.25) is 0 Å². The SMILES string of the molecule is CC(C)C(CNC(=O)N1CC2CCCN2CC1C)C(=O)O. The molecule has 3 atom stereocenters. The smallest absolute Gasteiger partial charge is 0.317 e. The van der Waals surface area contributed by atoms with Crippen LogP contribution in [0.5, 0.6) is 0 Å². The summed E-state index contributed by atoms with van der Waals surface area (Å²) in [5.41, 5.74) is 0. The van der Waals surface area contributed by atoms with E-state index in [9.17, 15) is 14.7 Å². The summed E-state index contributed by atoms with van der Waals surface area (Å²) in [5.74, 6) is -1.37. The van der Waals surface area contributed by atoms with E-state index in [4.69, 9.17) is 0 Å². The van der Waals surface area contributed by atoms with E-state index in [1.807, 2.05) is 18.7 Å². The summed E-state index contributed by atoms with van der Waals surface area (Å²) in [6.07, 6.45) is 2.36. The Kier molecular flexibility index (Phi) is 5.08. The number of nitrogens with zero attached hydrogens (tertiary/aromatic N) is 2. The standard InChI is InChI=1S/C15H27N3O3/c1-10(2)13(14(19)20)7-16-15(21)18-9-12-5-4-6-17(12)8-11(18)3/h10-13H,4-9H2,1-3H3,(H,16,21)(H,19,20). The molecule has 0 aromatic heterocycles. The van der Waals surface area contributed by atoms with E-state index in [2.05, 4.69) is 17.1 Å². The van der Waals surface area contributed by atoms with Crippen molar-refractivity contribution in [1.29, 1.82) is 0 Å². The molecule has 2 fully saturated rings. The van der Waals surface area contributed by atoms with Gasteiger partial charge in [-0.3, -0.25) is 9.69 Å². The minimum Gasteiger partial charge on any atom is -0.481 e. The highest BCUT2D eigenvalue weighted by Crippen LogP contribution is 2.24. The average Bonchev–Trinajstić information content (AvgIpc) is 2.83. The van der Waals surface area contributed by atoms with Crippen molar-refractivity contribution < 1.29 is 14.7 Å². The molecule has 0 saturated carbocycles. The van der Waals surface area contributed by atoms with Gasteiger partial charge in [-0.05, 0) is 32.2 Å². The number of amides is 2. The number of fused-ring (bicyclic) bond motifs is 1. The van der Waals surface area contributed by atoms with E-state index in [0.29, 0.717) is 6.04 Å². The van der Waals surface area contributed by atoms with E-state index in [-0.39, 0.29) is 24.5 Å². The first-order chi connectivity index (χ1) is 9.90. The van der Waals surface area contributed by atoms with Gasteiger partial charge in [0.2, 0.25) is 0 Å². The molecule has 2 aliphatic heterocycles. The lowest BCUT2D eigenvalue weighted by Crippen LogP contribution is -2.59. The van der Waals surface area contributed by atoms with Gasteiger partial charge in [-0.2, -0.15) is 0 Å². The summed E-state index contributed by atoms with van der Waals surface area (Å²) in [7, 11) is 0. The first-order valence-corrected chi connectivity index (χ1v) is 7.91. The molecule has 3 unspecified atom stereocenters. The number of carbonyl (C=O) groups excluding carboxylic acids is 1. The topological polar surface area (TPSA) is 72.9 Å². The molecule has 2 rings (SSSR count). The Morgan fingerprint density at radius 2 is 2.05 bits per heavy atom. The molecule has 2 N–H and O–H groups in total. The van der Waals surface area contributed by atoms with Crippen molar-refractivity contribution >= 4 is 12.0 Å². The highest BCUT2D eigenvalue weighted by atomic mass is 16.4. The maximum Gasteiger partial charge on any atom is 0.317 e. The number of hydrogen-bond donors (Lipinski definition) is 2. The van der Waals surface area contributed by atoms with E-state index < -0.39 is 11.9 Å². The molecule has 6 heteroatoms. The monoisotopic (exact) mass is 297 g/mol. The molecule has 0 spiro atoms. The first-order valence-electron chi connectivity index (χ1n) is 7.91. The van der Waals surface area contributed by atoms with Gasteiger partial charge in [0.05, 0.1) is 5.92 Å². The third kappa shape index (κ3) is 3.67. The van der Waals surface area contributed by atoms with Crippen LogP contribution in [0.3, 0.4) is 0 Å². The van der Waals surface area contributed by atoms with Crippen LogP contribution in [-0.2, 0) is 4.79 Å². The maximum absolute atomic E-state index is 12.4. The van der Waals surface area contributed by atoms with Gasteiger partial charge < -0.3 is 15.3 Å². The van der Waals surface area contributed by atoms with Gasteiger partial charge in [0, 0.05) is 31.7 Å². The van der Waals surface area contributed by atoms with Crippen molar-refractivity contribution in [3.8, 4) is 0 Å². The Morgan fingerprint density at radius 3 is 2.67 bits per heavy atom. The number of nitrogens with one attached hydrogen (secondary N) is 1. The summed E-state index contributed by atoms with van der Waals surface area (Å²) < 4.78 is 0. The summed E-state index contributed by atoms with van der Waals surface area (Å²) >= 11 is 0. The Bertz CT molecular complexity index is 400. The van der Waals surface area contributed by atoms with Gasteiger partial charge in [0.25, 0.3) is 0 Å². The third-order valence-corrected chi connectivity index (χ3v) is 4.79. The van der Waals surface area contributed by atoms with Crippen LogP contribution < -0.4 is 5.32 Å². The number of carboxylic acid groups (broad SMARTS) is 1. The number of urea groups is 1. The Hall–Kier alpha value is -1.30. The number of hydrogen-bond acceptors (Lipinski definition) is 3. The van der Waals surface area contributed by atoms with Crippen molar-refractivity contribution in [1.82, 2.24) is 15.1 Å². The van der Waals surface area contributed by atoms with Gasteiger partial charge in [-0.1, -0.05) is 13.8 Å². The molecule has 0 bridgehead atoms. The van der Waals surface area contributed by atoms with Crippen LogP contribution in [0.1, 0.15) is 33.6 Å². The summed E-state index contributed by atoms with van der Waals surface area (Å²) in [4.78, 5) is 27.8. The van der Waals surface area contributed by atoms with Gasteiger partial charge >= 0.3 is 12.0 Å². The van der Waals surface area contributed by atoms with E-state index in [1.165, 1.54) is 6.42 Å². The Labute approximate surface area is 126 Å². The molecule has 2 saturated heterocycles. The number of rotatable bonds is 4. The second-order valence-electron chi connectivity index (χ2n) is 6.67. The average molecular weight is 297 g/mol. The molecule has 2 heterocycles. The minimum atomic E-state index is -0.848. The second kappa shape index (κ2) is 6.64. The van der Waals surface area contributed by atoms with Crippen molar-refractivity contribution in [3.63, 3.8) is 0 Å². The fourth-order valence-electron chi connectivity index (χ4n) is 3.38. The molecule has 0 radical (unpaired) electrons. The van der Waals surface area contributed by atoms with Gasteiger partial charge in [0.1, 0.15) is 0 Å². The predicted octanol–water partition coefficient (Wildman–Crippen LogP) is 1.22. The van der Waals surface area contributed by atoms with Crippen molar-refractivity contribution in [3.05, 3.63) is 0 Å². The van der Waals surface area contributed by atoms with Crippen LogP contribution in [0.4, 0.5) is 4.79 Å². The zero-order chi connectivity index (χ0) is 15.6. The molecule has 2 aliphatic rings. The lowest BCUT2D eigenvalue weighted by atomic mass is 9.96. The van der Waals surface area contributed by atoms with Gasteiger partial charge in [0.15, 0.2) is 0 Å². The summed E-state index contributed by atoms with van der Waals surface area (Å²) in [5, 5.41) is 12.0. The molecule has 0 aromatic rings. The number of carboxylic acids is 1. The summed E-state index contributed by atoms with van der Waals surface area (Å²) in [6.45, 7) is 8.81. The largest absolute Gasteiger partial charge is 0.481 e. The van der Waals surface area contributed by atoms with Crippen LogP contribution in [0, 0.1) is 11.8 Å². The molecule has 21 heavy (non-hydrogen) atoms. The lowest BCUT2D eigenvalue weighted by molar-refractivity contribution is -0.142. The van der Waals surface area contributed by atoms with E-state index in [1.54, 1.807) is 0 Å². The fraction of sp³-hybridized carbons (Fsp3) is 0.867. The molecular formula is C15H27N3O3. The van der Waals surface area contributed by atoms with Crippen LogP contribution in [0.25, 0.3) is 0 Å². The molecule has 2 amide bonds. The predicted molar refractivity (Wildman–Crippen MR) is 80.1 cm³/mol. The second-order valence-corrected chi connectivity index (χ2v) is 6.67. The van der Waals surface area contributed by atoms with Crippen LogP contribution in [0.15, 0.2) is 0 Å². The normalized spacial score (nSPS) is 27.5. The highest BCUT2D eigenvalue weighted by Gasteiger charge is 2.36. The molecule has 120 valence electrons. The zero-order valence-corrected chi connectivity index (χ0v) is 13.2. The Balaban J connectivity index is 1.89. The van der Waals surface area contributed by atoms with Crippen LogP contribution >= 0.6 is 0 Å². The van der Waals surface area contributed by atoms with E-state index in [0.717, 1.165) is 26.1 Å². The lowest BCUT2D eigenvalue weighted by Gasteiger charge is -2.42. The number of aliphatic carboxylic acids is 1. The first kappa shape index (κ1) is 16.1. The minimum absolute atomic E-state index is 0.00639. The molecular weight excluding hydrogens is 270 g/mol. The maximum atomic E-state index is 12.4. The highest BCUT2D eigenvalue weighted by molar-refractivity contribution is 5.76. The van der Waals surface area contributed by atoms with Crippen molar-refractivity contribution in [2.75, 3.05) is 26.2 Å². The molecule has 6 nitrogen and oxygen atoms in total. The van der Waals surface area contributed by atoms with Gasteiger partial charge in [-0.25, -0.2) is 4.79 Å². The van der Waals surface area contributed by atoms with Crippen LogP contribution in [-0.4, -0.2) is 65.2 Å².